The van der Waals surface area contributed by atoms with Gasteiger partial charge in [0.1, 0.15) is 0 Å². The van der Waals surface area contributed by atoms with Crippen molar-refractivity contribution in [2.24, 2.45) is 23.3 Å². The van der Waals surface area contributed by atoms with Gasteiger partial charge in [-0.05, 0) is 26.2 Å². The molecule has 1 heterocycles. The summed E-state index contributed by atoms with van der Waals surface area (Å²) in [4.78, 5) is 35.5. The quantitative estimate of drug-likeness (QED) is 0.598. The molecule has 4 N–H and O–H groups in total. The lowest BCUT2D eigenvalue weighted by atomic mass is 9.96. The highest BCUT2D eigenvalue weighted by Gasteiger charge is 2.58. The number of nitrogens with two attached hydrogens (primary N) is 2. The maximum absolute atomic E-state index is 11.6. The van der Waals surface area contributed by atoms with Crippen molar-refractivity contribution in [1.29, 1.82) is 0 Å². The van der Waals surface area contributed by atoms with Gasteiger partial charge in [-0.3, -0.25) is 19.3 Å². The van der Waals surface area contributed by atoms with Gasteiger partial charge in [0.25, 0.3) is 0 Å². The average molecular weight is 239 g/mol. The first kappa shape index (κ1) is 12.0. The maximum Gasteiger partial charge on any atom is 0.237 e. The van der Waals surface area contributed by atoms with Crippen molar-refractivity contribution in [3.8, 4) is 0 Å². The standard InChI is InChI=1S/C11H17N3O3/c1-11(13,10(12)17)3-2-4-14-8(15)6-5-7(6)9(14)16/h6-7H,2-5,13H2,1H3,(H2,12,17). The first-order valence-corrected chi connectivity index (χ1v) is 5.78. The number of hydrogen-bond acceptors (Lipinski definition) is 4. The molecule has 0 aromatic heterocycles. The molecule has 94 valence electrons. The third-order valence-electron chi connectivity index (χ3n) is 3.60. The van der Waals surface area contributed by atoms with Crippen LogP contribution in [-0.4, -0.2) is 34.7 Å². The van der Waals surface area contributed by atoms with E-state index in [0.717, 1.165) is 0 Å². The molecule has 1 aliphatic heterocycles. The first-order valence-electron chi connectivity index (χ1n) is 5.78. The molecule has 3 unspecified atom stereocenters. The van der Waals surface area contributed by atoms with E-state index in [-0.39, 0.29) is 23.7 Å². The molecule has 2 rings (SSSR count). The molecule has 0 aromatic carbocycles. The van der Waals surface area contributed by atoms with Gasteiger partial charge in [-0.2, -0.15) is 0 Å². The van der Waals surface area contributed by atoms with Crippen molar-refractivity contribution < 1.29 is 14.4 Å². The lowest BCUT2D eigenvalue weighted by molar-refractivity contribution is -0.141. The fourth-order valence-electron chi connectivity index (χ4n) is 2.20. The number of likely N-dealkylation sites (tertiary alicyclic amines) is 1. The van der Waals surface area contributed by atoms with Gasteiger partial charge >= 0.3 is 0 Å². The zero-order valence-electron chi connectivity index (χ0n) is 9.81. The van der Waals surface area contributed by atoms with E-state index >= 15 is 0 Å². The number of primary amides is 1. The van der Waals surface area contributed by atoms with E-state index in [9.17, 15) is 14.4 Å². The summed E-state index contributed by atoms with van der Waals surface area (Å²) in [5, 5.41) is 0. The van der Waals surface area contributed by atoms with Crippen LogP contribution in [0.15, 0.2) is 0 Å². The van der Waals surface area contributed by atoms with Crippen LogP contribution in [-0.2, 0) is 14.4 Å². The Kier molecular flexibility index (Phi) is 2.69. The van der Waals surface area contributed by atoms with Crippen LogP contribution < -0.4 is 11.5 Å². The van der Waals surface area contributed by atoms with Crippen molar-refractivity contribution in [3.05, 3.63) is 0 Å². The minimum Gasteiger partial charge on any atom is -0.368 e. The zero-order chi connectivity index (χ0) is 12.8. The Morgan fingerprint density at radius 2 is 1.94 bits per heavy atom. The molecular formula is C11H17N3O3. The number of piperidine rings is 1. The zero-order valence-corrected chi connectivity index (χ0v) is 9.81. The number of hydrogen-bond donors (Lipinski definition) is 2. The fourth-order valence-corrected chi connectivity index (χ4v) is 2.20. The molecule has 0 bridgehead atoms. The van der Waals surface area contributed by atoms with Crippen molar-refractivity contribution in [2.45, 2.75) is 31.7 Å². The summed E-state index contributed by atoms with van der Waals surface area (Å²) in [7, 11) is 0. The van der Waals surface area contributed by atoms with Gasteiger partial charge in [0.05, 0.1) is 17.4 Å². The maximum atomic E-state index is 11.6. The predicted octanol–water partition coefficient (Wildman–Crippen LogP) is -1.03. The molecule has 3 amide bonds. The summed E-state index contributed by atoms with van der Waals surface area (Å²) in [6, 6.07) is 0. The first-order chi connectivity index (χ1) is 7.84. The Hall–Kier alpha value is -1.43. The lowest BCUT2D eigenvalue weighted by Gasteiger charge is -2.22. The largest absolute Gasteiger partial charge is 0.368 e. The fraction of sp³-hybridized carbons (Fsp3) is 0.727. The highest BCUT2D eigenvalue weighted by molar-refractivity contribution is 6.08. The van der Waals surface area contributed by atoms with Gasteiger partial charge in [0.15, 0.2) is 0 Å². The molecule has 0 radical (unpaired) electrons. The van der Waals surface area contributed by atoms with E-state index < -0.39 is 11.4 Å². The number of imide groups is 1. The van der Waals surface area contributed by atoms with Crippen LogP contribution in [0.4, 0.5) is 0 Å². The van der Waals surface area contributed by atoms with Crippen LogP contribution in [0.1, 0.15) is 26.2 Å². The van der Waals surface area contributed by atoms with Crippen molar-refractivity contribution in [1.82, 2.24) is 4.90 Å². The Bertz CT molecular complexity index is 371. The Labute approximate surface area is 99.3 Å². The van der Waals surface area contributed by atoms with Gasteiger partial charge in [-0.1, -0.05) is 0 Å². The molecule has 1 aliphatic carbocycles. The molecule has 0 spiro atoms. The van der Waals surface area contributed by atoms with Crippen LogP contribution in [0.5, 0.6) is 0 Å². The van der Waals surface area contributed by atoms with Gasteiger partial charge in [0.2, 0.25) is 17.7 Å². The van der Waals surface area contributed by atoms with E-state index in [1.165, 1.54) is 4.90 Å². The third-order valence-corrected chi connectivity index (χ3v) is 3.60. The summed E-state index contributed by atoms with van der Waals surface area (Å²) < 4.78 is 0. The molecule has 17 heavy (non-hydrogen) atoms. The molecule has 1 saturated heterocycles. The minimum absolute atomic E-state index is 0.0668. The van der Waals surface area contributed by atoms with Crippen LogP contribution in [0, 0.1) is 11.8 Å². The Morgan fingerprint density at radius 1 is 1.41 bits per heavy atom. The van der Waals surface area contributed by atoms with E-state index in [2.05, 4.69) is 0 Å². The minimum atomic E-state index is -1.07. The topological polar surface area (TPSA) is 106 Å². The summed E-state index contributed by atoms with van der Waals surface area (Å²) in [6.45, 7) is 1.89. The number of fused-ring (bicyclic) bond motifs is 1. The molecule has 2 aliphatic rings. The molecule has 2 fully saturated rings. The molecule has 6 heteroatoms. The second-order valence-electron chi connectivity index (χ2n) is 5.16. The van der Waals surface area contributed by atoms with Crippen LogP contribution in [0.2, 0.25) is 0 Å². The number of amides is 3. The second-order valence-corrected chi connectivity index (χ2v) is 5.16. The Balaban J connectivity index is 1.82. The number of carbonyl (C=O) groups is 3. The van der Waals surface area contributed by atoms with Crippen molar-refractivity contribution >= 4 is 17.7 Å². The smallest absolute Gasteiger partial charge is 0.237 e. The molecular weight excluding hydrogens is 222 g/mol. The van der Waals surface area contributed by atoms with Gasteiger partial charge in [0, 0.05) is 6.54 Å². The predicted molar refractivity (Wildman–Crippen MR) is 59.3 cm³/mol. The third kappa shape index (κ3) is 2.04. The van der Waals surface area contributed by atoms with Crippen molar-refractivity contribution in [2.75, 3.05) is 6.54 Å². The highest BCUT2D eigenvalue weighted by atomic mass is 16.2. The highest BCUT2D eigenvalue weighted by Crippen LogP contribution is 2.46. The van der Waals surface area contributed by atoms with E-state index in [0.29, 0.717) is 25.8 Å². The van der Waals surface area contributed by atoms with E-state index in [4.69, 9.17) is 11.5 Å². The molecule has 0 aromatic rings. The van der Waals surface area contributed by atoms with Crippen LogP contribution >= 0.6 is 0 Å². The van der Waals surface area contributed by atoms with Gasteiger partial charge < -0.3 is 11.5 Å². The summed E-state index contributed by atoms with van der Waals surface area (Å²) >= 11 is 0. The summed E-state index contributed by atoms with van der Waals surface area (Å²) in [5.74, 6) is -0.846. The van der Waals surface area contributed by atoms with Gasteiger partial charge in [-0.25, -0.2) is 0 Å². The molecule has 6 nitrogen and oxygen atoms in total. The summed E-state index contributed by atoms with van der Waals surface area (Å²) in [5.41, 5.74) is 9.75. The number of nitrogens with zero attached hydrogens (tertiary/aromatic N) is 1. The van der Waals surface area contributed by atoms with Crippen LogP contribution in [0.25, 0.3) is 0 Å². The molecule has 1 saturated carbocycles. The number of carbonyl (C=O) groups excluding carboxylic acids is 3. The normalized spacial score (nSPS) is 30.1. The number of rotatable bonds is 5. The lowest BCUT2D eigenvalue weighted by Crippen LogP contribution is -2.49. The van der Waals surface area contributed by atoms with Crippen molar-refractivity contribution in [3.63, 3.8) is 0 Å². The van der Waals surface area contributed by atoms with Gasteiger partial charge in [-0.15, -0.1) is 0 Å². The Morgan fingerprint density at radius 3 is 2.41 bits per heavy atom. The SMILES string of the molecule is CC(N)(CCCN1C(=O)C2CC2C1=O)C(N)=O. The van der Waals surface area contributed by atoms with Crippen LogP contribution in [0.3, 0.4) is 0 Å². The average Bonchev–Trinajstić information content (AvgIpc) is 2.97. The van der Waals surface area contributed by atoms with E-state index in [1.807, 2.05) is 0 Å². The second kappa shape index (κ2) is 3.80. The summed E-state index contributed by atoms with van der Waals surface area (Å²) in [6.07, 6.45) is 1.59. The van der Waals surface area contributed by atoms with E-state index in [1.54, 1.807) is 6.92 Å². The monoisotopic (exact) mass is 239 g/mol. The molecule has 3 atom stereocenters.